The number of rotatable bonds is 7. The van der Waals surface area contributed by atoms with Gasteiger partial charge >= 0.3 is 0 Å². The van der Waals surface area contributed by atoms with E-state index in [-0.39, 0.29) is 23.8 Å². The molecule has 0 aromatic heterocycles. The second-order valence-electron chi connectivity index (χ2n) is 7.00. The monoisotopic (exact) mass is 411 g/mol. The van der Waals surface area contributed by atoms with Crippen molar-refractivity contribution in [1.29, 1.82) is 0 Å². The van der Waals surface area contributed by atoms with Crippen molar-refractivity contribution in [1.82, 2.24) is 4.90 Å². The lowest BCUT2D eigenvalue weighted by Crippen LogP contribution is -2.27. The van der Waals surface area contributed by atoms with Crippen LogP contribution in [0.1, 0.15) is 37.0 Å². The summed E-state index contributed by atoms with van der Waals surface area (Å²) in [6, 6.07) is 13.3. The number of amides is 2. The summed E-state index contributed by atoms with van der Waals surface area (Å²) in [5, 5.41) is -0.259. The van der Waals surface area contributed by atoms with Crippen molar-refractivity contribution in [3.8, 4) is 11.5 Å². The Kier molecular flexibility index (Phi) is 6.64. The normalized spacial score (nSPS) is 16.4. The van der Waals surface area contributed by atoms with Crippen LogP contribution in [-0.2, 0) is 11.3 Å². The van der Waals surface area contributed by atoms with Gasteiger partial charge in [0, 0.05) is 0 Å². The number of hydrogen-bond donors (Lipinski definition) is 0. The number of nitrogens with zero attached hydrogens (tertiary/aromatic N) is 1. The summed E-state index contributed by atoms with van der Waals surface area (Å²) in [6.07, 6.45) is 2.68. The molecule has 1 heterocycles. The second kappa shape index (κ2) is 9.18. The van der Waals surface area contributed by atoms with Crippen LogP contribution in [0.15, 0.2) is 47.4 Å². The minimum atomic E-state index is -0.278. The van der Waals surface area contributed by atoms with Crippen molar-refractivity contribution < 1.29 is 19.1 Å². The molecule has 0 saturated carbocycles. The molecular weight excluding hydrogens is 386 g/mol. The van der Waals surface area contributed by atoms with Crippen molar-refractivity contribution >= 4 is 29.0 Å². The molecule has 2 aromatic rings. The zero-order chi connectivity index (χ0) is 21.0. The van der Waals surface area contributed by atoms with E-state index >= 15 is 0 Å². The molecule has 0 N–H and O–H groups in total. The number of carbonyl (C=O) groups is 2. The van der Waals surface area contributed by atoms with E-state index in [1.807, 2.05) is 56.3 Å². The highest BCUT2D eigenvalue weighted by molar-refractivity contribution is 8.18. The van der Waals surface area contributed by atoms with E-state index in [1.165, 1.54) is 4.90 Å². The van der Waals surface area contributed by atoms with Gasteiger partial charge < -0.3 is 9.47 Å². The van der Waals surface area contributed by atoms with Gasteiger partial charge in [0.25, 0.3) is 11.1 Å². The predicted molar refractivity (Wildman–Crippen MR) is 116 cm³/mol. The van der Waals surface area contributed by atoms with Crippen LogP contribution in [0.2, 0.25) is 0 Å². The van der Waals surface area contributed by atoms with Crippen molar-refractivity contribution in [3.63, 3.8) is 0 Å². The highest BCUT2D eigenvalue weighted by Gasteiger charge is 2.35. The lowest BCUT2D eigenvalue weighted by atomic mass is 10.1. The molecule has 1 atom stereocenters. The standard InChI is InChI=1S/C23H25NO4S/c1-5-16(3)28-19-11-10-18(12-20(19)27-4)13-21-22(25)24(23(26)29-21)14-17-8-6-15(2)7-9-17/h6-13,16H,5,14H2,1-4H3/b21-13-/t16-/m0/s1. The van der Waals surface area contributed by atoms with E-state index in [4.69, 9.17) is 9.47 Å². The Hall–Kier alpha value is -2.73. The minimum absolute atomic E-state index is 0.0769. The Bertz CT molecular complexity index is 936. The summed E-state index contributed by atoms with van der Waals surface area (Å²) in [6.45, 7) is 6.32. The Morgan fingerprint density at radius 2 is 1.83 bits per heavy atom. The van der Waals surface area contributed by atoms with Crippen molar-refractivity contribution in [2.45, 2.75) is 39.8 Å². The zero-order valence-corrected chi connectivity index (χ0v) is 17.9. The third-order valence-corrected chi connectivity index (χ3v) is 5.63. The molecule has 152 valence electrons. The topological polar surface area (TPSA) is 55.8 Å². The number of hydrogen-bond acceptors (Lipinski definition) is 5. The molecular formula is C23H25NO4S. The molecule has 2 aromatic carbocycles. The summed E-state index contributed by atoms with van der Waals surface area (Å²) < 4.78 is 11.3. The summed E-state index contributed by atoms with van der Waals surface area (Å²) in [5.74, 6) is 0.976. The first kappa shape index (κ1) is 21.0. The van der Waals surface area contributed by atoms with Crippen LogP contribution in [0.4, 0.5) is 4.79 Å². The molecule has 0 unspecified atom stereocenters. The van der Waals surface area contributed by atoms with Crippen LogP contribution in [0.5, 0.6) is 11.5 Å². The Morgan fingerprint density at radius 3 is 2.48 bits per heavy atom. The van der Waals surface area contributed by atoms with Gasteiger partial charge in [-0.1, -0.05) is 42.8 Å². The average Bonchev–Trinajstić information content (AvgIpc) is 2.97. The van der Waals surface area contributed by atoms with Gasteiger partial charge in [0.1, 0.15) is 0 Å². The van der Waals surface area contributed by atoms with Crippen molar-refractivity contribution in [3.05, 3.63) is 64.1 Å². The second-order valence-corrected chi connectivity index (χ2v) is 7.99. The van der Waals surface area contributed by atoms with Gasteiger partial charge in [0.05, 0.1) is 24.7 Å². The average molecular weight is 412 g/mol. The lowest BCUT2D eigenvalue weighted by Gasteiger charge is -2.15. The molecule has 2 amide bonds. The number of carbonyl (C=O) groups excluding carboxylic acids is 2. The molecule has 1 aliphatic heterocycles. The summed E-state index contributed by atoms with van der Waals surface area (Å²) in [4.78, 5) is 26.8. The maximum absolute atomic E-state index is 12.8. The molecule has 0 radical (unpaired) electrons. The van der Waals surface area contributed by atoms with Crippen molar-refractivity contribution in [2.75, 3.05) is 7.11 Å². The third kappa shape index (κ3) is 5.01. The van der Waals surface area contributed by atoms with Crippen LogP contribution in [0.3, 0.4) is 0 Å². The highest BCUT2D eigenvalue weighted by Crippen LogP contribution is 2.35. The number of methoxy groups -OCH3 is 1. The van der Waals surface area contributed by atoms with Gasteiger partial charge in [0.15, 0.2) is 11.5 Å². The fraction of sp³-hybridized carbons (Fsp3) is 0.304. The smallest absolute Gasteiger partial charge is 0.293 e. The lowest BCUT2D eigenvalue weighted by molar-refractivity contribution is -0.123. The fourth-order valence-corrected chi connectivity index (χ4v) is 3.67. The van der Waals surface area contributed by atoms with Crippen LogP contribution in [-0.4, -0.2) is 29.3 Å². The van der Waals surface area contributed by atoms with E-state index in [0.29, 0.717) is 16.4 Å². The van der Waals surface area contributed by atoms with Gasteiger partial charge in [-0.25, -0.2) is 0 Å². The van der Waals surface area contributed by atoms with Gasteiger partial charge in [0.2, 0.25) is 0 Å². The molecule has 1 aliphatic rings. The van der Waals surface area contributed by atoms with Gasteiger partial charge in [-0.15, -0.1) is 0 Å². The van der Waals surface area contributed by atoms with Crippen molar-refractivity contribution in [2.24, 2.45) is 0 Å². The van der Waals surface area contributed by atoms with E-state index in [0.717, 1.165) is 34.9 Å². The Morgan fingerprint density at radius 1 is 1.10 bits per heavy atom. The van der Waals surface area contributed by atoms with Crippen LogP contribution in [0, 0.1) is 6.92 Å². The molecule has 1 saturated heterocycles. The quantitative estimate of drug-likeness (QED) is 0.570. The van der Waals surface area contributed by atoms with Gasteiger partial charge in [-0.2, -0.15) is 0 Å². The minimum Gasteiger partial charge on any atom is -0.493 e. The Balaban J connectivity index is 1.79. The molecule has 0 spiro atoms. The van der Waals surface area contributed by atoms with E-state index in [9.17, 15) is 9.59 Å². The number of ether oxygens (including phenoxy) is 2. The van der Waals surface area contributed by atoms with E-state index < -0.39 is 0 Å². The predicted octanol–water partition coefficient (Wildman–Crippen LogP) is 5.42. The van der Waals surface area contributed by atoms with E-state index in [1.54, 1.807) is 13.2 Å². The first-order chi connectivity index (χ1) is 13.9. The number of benzene rings is 2. The third-order valence-electron chi connectivity index (χ3n) is 4.72. The Labute approximate surface area is 175 Å². The van der Waals surface area contributed by atoms with E-state index in [2.05, 4.69) is 6.92 Å². The van der Waals surface area contributed by atoms with Crippen LogP contribution < -0.4 is 9.47 Å². The molecule has 3 rings (SSSR count). The zero-order valence-electron chi connectivity index (χ0n) is 17.1. The SMILES string of the molecule is CC[C@H](C)Oc1ccc(/C=C2\SC(=O)N(Cc3ccc(C)cc3)C2=O)cc1OC. The highest BCUT2D eigenvalue weighted by atomic mass is 32.2. The molecule has 29 heavy (non-hydrogen) atoms. The largest absolute Gasteiger partial charge is 0.493 e. The number of aryl methyl sites for hydroxylation is 1. The fourth-order valence-electron chi connectivity index (χ4n) is 2.84. The first-order valence-corrected chi connectivity index (χ1v) is 10.4. The summed E-state index contributed by atoms with van der Waals surface area (Å²) in [7, 11) is 1.58. The molecule has 0 aliphatic carbocycles. The molecule has 1 fully saturated rings. The molecule has 5 nitrogen and oxygen atoms in total. The summed E-state index contributed by atoms with van der Waals surface area (Å²) >= 11 is 0.957. The maximum Gasteiger partial charge on any atom is 0.293 e. The summed E-state index contributed by atoms with van der Waals surface area (Å²) in [5.41, 5.74) is 2.84. The number of imide groups is 1. The van der Waals surface area contributed by atoms with Gasteiger partial charge in [-0.3, -0.25) is 14.5 Å². The molecule has 0 bridgehead atoms. The van der Waals surface area contributed by atoms with Crippen LogP contribution in [0.25, 0.3) is 6.08 Å². The maximum atomic E-state index is 12.8. The van der Waals surface area contributed by atoms with Crippen LogP contribution >= 0.6 is 11.8 Å². The molecule has 6 heteroatoms. The van der Waals surface area contributed by atoms with Gasteiger partial charge in [-0.05, 0) is 61.4 Å². The number of thioether (sulfide) groups is 1. The first-order valence-electron chi connectivity index (χ1n) is 9.57.